The molecule has 3 heteroatoms. The fraction of sp³-hybridized carbons (Fsp3) is 0.143. The molecule has 0 aliphatic rings. The van der Waals surface area contributed by atoms with Crippen LogP contribution in [0.2, 0.25) is 5.02 Å². The first-order valence-corrected chi connectivity index (χ1v) is 5.73. The van der Waals surface area contributed by atoms with Crippen LogP contribution in [0.4, 0.5) is 4.39 Å². The highest BCUT2D eigenvalue weighted by atomic mass is 35.5. The van der Waals surface area contributed by atoms with Crippen LogP contribution in [0.1, 0.15) is 22.7 Å². The van der Waals surface area contributed by atoms with Gasteiger partial charge in [-0.2, -0.15) is 0 Å². The van der Waals surface area contributed by atoms with Crippen molar-refractivity contribution in [3.63, 3.8) is 0 Å². The van der Waals surface area contributed by atoms with E-state index in [9.17, 15) is 4.39 Å². The monoisotopic (exact) mass is 249 g/mol. The molecule has 2 aromatic rings. The van der Waals surface area contributed by atoms with Gasteiger partial charge >= 0.3 is 0 Å². The Kier molecular flexibility index (Phi) is 3.46. The molecule has 0 aliphatic heterocycles. The Labute approximate surface area is 105 Å². The maximum absolute atomic E-state index is 13.7. The van der Waals surface area contributed by atoms with Gasteiger partial charge in [0.15, 0.2) is 0 Å². The van der Waals surface area contributed by atoms with Crippen LogP contribution >= 0.6 is 11.6 Å². The number of aryl methyl sites for hydroxylation is 1. The Morgan fingerprint density at radius 2 is 1.94 bits per heavy atom. The molecule has 88 valence electrons. The predicted molar refractivity (Wildman–Crippen MR) is 68.6 cm³/mol. The van der Waals surface area contributed by atoms with E-state index < -0.39 is 6.04 Å². The van der Waals surface area contributed by atoms with Crippen molar-refractivity contribution in [1.29, 1.82) is 0 Å². The minimum absolute atomic E-state index is 0.330. The Morgan fingerprint density at radius 3 is 2.65 bits per heavy atom. The first-order chi connectivity index (χ1) is 8.08. The van der Waals surface area contributed by atoms with E-state index >= 15 is 0 Å². The van der Waals surface area contributed by atoms with Crippen molar-refractivity contribution in [2.75, 3.05) is 0 Å². The molecule has 0 aromatic heterocycles. The fourth-order valence-electron chi connectivity index (χ4n) is 1.80. The van der Waals surface area contributed by atoms with Crippen molar-refractivity contribution in [1.82, 2.24) is 0 Å². The fourth-order valence-corrected chi connectivity index (χ4v) is 1.98. The highest BCUT2D eigenvalue weighted by Crippen LogP contribution is 2.25. The van der Waals surface area contributed by atoms with Crippen LogP contribution in [-0.4, -0.2) is 0 Å². The van der Waals surface area contributed by atoms with Crippen molar-refractivity contribution in [2.24, 2.45) is 5.73 Å². The van der Waals surface area contributed by atoms with E-state index in [1.807, 2.05) is 31.2 Å². The molecule has 0 saturated carbocycles. The molecular formula is C14H13ClFN. The molecule has 1 nitrogen and oxygen atoms in total. The Hall–Kier alpha value is -1.38. The lowest BCUT2D eigenvalue weighted by Crippen LogP contribution is -2.13. The molecule has 2 aromatic carbocycles. The average molecular weight is 250 g/mol. The van der Waals surface area contributed by atoms with Crippen LogP contribution in [0.15, 0.2) is 42.5 Å². The maximum atomic E-state index is 13.7. The molecule has 0 spiro atoms. The first kappa shape index (κ1) is 12.1. The molecule has 1 unspecified atom stereocenters. The van der Waals surface area contributed by atoms with E-state index in [2.05, 4.69) is 0 Å². The van der Waals surface area contributed by atoms with Crippen molar-refractivity contribution in [2.45, 2.75) is 13.0 Å². The number of halogens is 2. The summed E-state index contributed by atoms with van der Waals surface area (Å²) < 4.78 is 13.7. The number of nitrogens with two attached hydrogens (primary N) is 1. The lowest BCUT2D eigenvalue weighted by molar-refractivity contribution is 0.599. The molecule has 0 bridgehead atoms. The summed E-state index contributed by atoms with van der Waals surface area (Å²) in [5.41, 5.74) is 8.45. The SMILES string of the molecule is Cc1cccc(C(N)c2cc(Cl)ccc2F)c1. The van der Waals surface area contributed by atoms with Gasteiger partial charge in [0.1, 0.15) is 5.82 Å². The van der Waals surface area contributed by atoms with E-state index in [4.69, 9.17) is 17.3 Å². The molecule has 2 N–H and O–H groups in total. The largest absolute Gasteiger partial charge is 0.320 e. The summed E-state index contributed by atoms with van der Waals surface area (Å²) in [5.74, 6) is -0.330. The summed E-state index contributed by atoms with van der Waals surface area (Å²) in [6.45, 7) is 1.98. The van der Waals surface area contributed by atoms with Gasteiger partial charge in [-0.3, -0.25) is 0 Å². The van der Waals surface area contributed by atoms with Crippen LogP contribution in [0.25, 0.3) is 0 Å². The van der Waals surface area contributed by atoms with Gasteiger partial charge in [0.05, 0.1) is 6.04 Å². The van der Waals surface area contributed by atoms with Crippen molar-refractivity contribution in [3.05, 3.63) is 70.0 Å². The first-order valence-electron chi connectivity index (χ1n) is 5.35. The molecule has 1 atom stereocenters. The zero-order valence-corrected chi connectivity index (χ0v) is 10.2. The van der Waals surface area contributed by atoms with Gasteiger partial charge < -0.3 is 5.73 Å². The standard InChI is InChI=1S/C14H13ClFN/c1-9-3-2-4-10(7-9)14(17)12-8-11(15)5-6-13(12)16/h2-8,14H,17H2,1H3. The maximum Gasteiger partial charge on any atom is 0.128 e. The number of benzene rings is 2. The molecule has 0 saturated heterocycles. The van der Waals surface area contributed by atoms with Crippen molar-refractivity contribution < 1.29 is 4.39 Å². The third kappa shape index (κ3) is 2.65. The third-order valence-corrected chi connectivity index (χ3v) is 2.93. The van der Waals surface area contributed by atoms with E-state index in [1.165, 1.54) is 12.1 Å². The van der Waals surface area contributed by atoms with Gasteiger partial charge in [-0.05, 0) is 30.7 Å². The number of hydrogen-bond acceptors (Lipinski definition) is 1. The second-order valence-corrected chi connectivity index (χ2v) is 4.49. The summed E-state index contributed by atoms with van der Waals surface area (Å²) in [6, 6.07) is 11.7. The third-order valence-electron chi connectivity index (χ3n) is 2.69. The lowest BCUT2D eigenvalue weighted by atomic mass is 9.98. The molecule has 17 heavy (non-hydrogen) atoms. The predicted octanol–water partition coefficient (Wildman–Crippen LogP) is 3.84. The minimum atomic E-state index is -0.492. The van der Waals surface area contributed by atoms with Crippen LogP contribution in [-0.2, 0) is 0 Å². The Bertz CT molecular complexity index is 539. The molecule has 0 radical (unpaired) electrons. The summed E-state index contributed by atoms with van der Waals surface area (Å²) in [6.07, 6.45) is 0. The van der Waals surface area contributed by atoms with E-state index in [-0.39, 0.29) is 5.82 Å². The Morgan fingerprint density at radius 1 is 1.18 bits per heavy atom. The van der Waals surface area contributed by atoms with E-state index in [0.29, 0.717) is 10.6 Å². The highest BCUT2D eigenvalue weighted by Gasteiger charge is 2.14. The smallest absolute Gasteiger partial charge is 0.128 e. The summed E-state index contributed by atoms with van der Waals surface area (Å²) in [4.78, 5) is 0. The quantitative estimate of drug-likeness (QED) is 0.860. The topological polar surface area (TPSA) is 26.0 Å². The van der Waals surface area contributed by atoms with Gasteiger partial charge in [-0.1, -0.05) is 41.4 Å². The van der Waals surface area contributed by atoms with Crippen LogP contribution in [0, 0.1) is 12.7 Å². The summed E-state index contributed by atoms with van der Waals surface area (Å²) in [7, 11) is 0. The zero-order valence-electron chi connectivity index (χ0n) is 9.45. The lowest BCUT2D eigenvalue weighted by Gasteiger charge is -2.14. The molecule has 0 amide bonds. The van der Waals surface area contributed by atoms with Crippen molar-refractivity contribution >= 4 is 11.6 Å². The molecular weight excluding hydrogens is 237 g/mol. The molecule has 0 aliphatic carbocycles. The van der Waals surface area contributed by atoms with Gasteiger partial charge in [0.2, 0.25) is 0 Å². The van der Waals surface area contributed by atoms with Crippen LogP contribution in [0.3, 0.4) is 0 Å². The summed E-state index contributed by atoms with van der Waals surface area (Å²) in [5, 5.41) is 0.490. The van der Waals surface area contributed by atoms with Gasteiger partial charge in [-0.15, -0.1) is 0 Å². The number of rotatable bonds is 2. The minimum Gasteiger partial charge on any atom is -0.320 e. The van der Waals surface area contributed by atoms with Crippen LogP contribution < -0.4 is 5.73 Å². The van der Waals surface area contributed by atoms with E-state index in [1.54, 1.807) is 6.07 Å². The second kappa shape index (κ2) is 4.86. The normalized spacial score (nSPS) is 12.5. The average Bonchev–Trinajstić information content (AvgIpc) is 2.31. The molecule has 2 rings (SSSR count). The van der Waals surface area contributed by atoms with Gasteiger partial charge in [0.25, 0.3) is 0 Å². The second-order valence-electron chi connectivity index (χ2n) is 4.06. The van der Waals surface area contributed by atoms with Gasteiger partial charge in [0, 0.05) is 10.6 Å². The Balaban J connectivity index is 2.43. The van der Waals surface area contributed by atoms with E-state index in [0.717, 1.165) is 11.1 Å². The molecule has 0 heterocycles. The summed E-state index contributed by atoms with van der Waals surface area (Å²) >= 11 is 5.86. The highest BCUT2D eigenvalue weighted by molar-refractivity contribution is 6.30. The van der Waals surface area contributed by atoms with Gasteiger partial charge in [-0.25, -0.2) is 4.39 Å². The number of hydrogen-bond donors (Lipinski definition) is 1. The van der Waals surface area contributed by atoms with Crippen LogP contribution in [0.5, 0.6) is 0 Å². The van der Waals surface area contributed by atoms with Crippen molar-refractivity contribution in [3.8, 4) is 0 Å². The zero-order chi connectivity index (χ0) is 12.4. The molecule has 0 fully saturated rings.